The molecule has 6 rings (SSSR count). The van der Waals surface area contributed by atoms with Gasteiger partial charge in [-0.3, -0.25) is 52.7 Å². The number of carboxylic acid groups (broad SMARTS) is 1. The molecule has 820 valence electrons. The van der Waals surface area contributed by atoms with E-state index in [-0.39, 0.29) is 132 Å². The molecule has 3 aromatic rings. The van der Waals surface area contributed by atoms with E-state index in [1.54, 1.807) is 133 Å². The first kappa shape index (κ1) is 126. The van der Waals surface area contributed by atoms with Crippen LogP contribution in [0.3, 0.4) is 0 Å². The van der Waals surface area contributed by atoms with Gasteiger partial charge in [-0.2, -0.15) is 0 Å². The third-order valence-electron chi connectivity index (χ3n) is 28.3. The zero-order valence-corrected chi connectivity index (χ0v) is 89.9. The van der Waals surface area contributed by atoms with E-state index in [1.165, 1.54) is 21.1 Å². The fourth-order valence-corrected chi connectivity index (χ4v) is 19.1. The Balaban J connectivity index is 0.000000598. The minimum absolute atomic E-state index is 0.00371. The van der Waals surface area contributed by atoms with Gasteiger partial charge in [0.25, 0.3) is 0 Å². The lowest BCUT2D eigenvalue weighted by Gasteiger charge is -2.50. The summed E-state index contributed by atoms with van der Waals surface area (Å²) in [6, 6.07) is 14.3. The van der Waals surface area contributed by atoms with Gasteiger partial charge in [0.2, 0.25) is 53.2 Å². The molecule has 3 fully saturated rings. The molecular formula is C107H178N14O24. The molecule has 38 heteroatoms. The summed E-state index contributed by atoms with van der Waals surface area (Å²) in [5.41, 5.74) is 21.6. The van der Waals surface area contributed by atoms with Gasteiger partial charge in [-0.05, 0) is 212 Å². The zero-order valence-electron chi connectivity index (χ0n) is 89.9. The largest absolute Gasteiger partial charge is 0.480 e. The summed E-state index contributed by atoms with van der Waals surface area (Å²) >= 11 is 0. The highest BCUT2D eigenvalue weighted by Crippen LogP contribution is 2.43. The molecule has 3 heterocycles. The number of methoxy groups -OCH3 is 2. The molecule has 0 saturated carbocycles. The second kappa shape index (κ2) is 61.8. The molecule has 0 spiro atoms. The number of nitrogens with two attached hydrogens (primary N) is 4. The minimum Gasteiger partial charge on any atom is -0.480 e. The summed E-state index contributed by atoms with van der Waals surface area (Å²) in [4.78, 5) is 172. The van der Waals surface area contributed by atoms with Crippen LogP contribution in [0.2, 0.25) is 0 Å². The number of likely N-dealkylation sites (N-methyl/N-ethyl adjacent to an activating group) is 1. The quantitative estimate of drug-likeness (QED) is 0.0245. The average Bonchev–Trinajstić information content (AvgIpc) is 0.766. The van der Waals surface area contributed by atoms with Crippen molar-refractivity contribution in [2.75, 3.05) is 47.9 Å². The van der Waals surface area contributed by atoms with Crippen LogP contribution in [-0.2, 0) is 110 Å². The number of carboxylic acids is 1. The maximum absolute atomic E-state index is 14.9. The maximum Gasteiger partial charge on any atom is 0.326 e. The Bertz CT molecular complexity index is 4470. The van der Waals surface area contributed by atoms with E-state index < -0.39 is 221 Å². The summed E-state index contributed by atoms with van der Waals surface area (Å²) in [6.45, 7) is 32.8. The third kappa shape index (κ3) is 39.4. The van der Waals surface area contributed by atoms with Crippen molar-refractivity contribution in [1.82, 2.24) is 52.8 Å². The van der Waals surface area contributed by atoms with Gasteiger partial charge in [0.1, 0.15) is 84.1 Å². The fraction of sp³-hybridized carbons (Fsp3) is 0.720. The van der Waals surface area contributed by atoms with Gasteiger partial charge in [-0.1, -0.05) is 181 Å². The molecule has 29 atom stereocenters. The standard InChI is InChI=1S/C69H109N13O11.C38H69NO13/c1-9-46(8)59(73)68(91)76-52(33-21-24-36-72)62(85)80-56(41-48-27-15-11-16-28-48)66(89)78-54(38-44(4)5)63(86)74-50(31-19-22-34-70)60(83)79-55(40-47-25-13-10-14-26-47)65(88)77-53(37-43(2)3)64(87)75-51(32-20-23-35-71)61(84)81-57(42-49-29-17-12-18-30-49)67(90)82-58(69(92)93)39-45(6)7;1-15-26-38(10,45)31(42)21(4)28(40)19(2)17-37(9,47-14)33(52-35-29(41)25(39(11)12)16-20(3)48-35)22(5)30(23(6)34(44)50-26)51-27-18-36(8,46-13)32(43)24(7)49-27/h10-18,25-30,43-46,50-59H,9,19-24,31-42,70-73H2,1-8H3,(H,74,86)(H,75,87)(H,76,91)(H,77,88)(H,78,89)(H,79,83)(H,80,85)(H,81,84)(H,82,90)(H,92,93);19-27,29-33,35,41-43,45H,15-18H2,1-14H3/t46-,50-,51-,52-,53-,54-,55-,56-,57-,58-,59-;19-,20-,21+,22+,23-,24+,25+,26-,27+,29-,30+,31-,32+,33-,35+,36-,37-,38-/m01/s1. The predicted octanol–water partition coefficient (Wildman–Crippen LogP) is 5.50. The Kier molecular flexibility index (Phi) is 53.8. The highest BCUT2D eigenvalue weighted by molar-refractivity contribution is 5.99. The molecule has 3 aliphatic heterocycles. The van der Waals surface area contributed by atoms with Crippen LogP contribution >= 0.6 is 0 Å². The van der Waals surface area contributed by atoms with Crippen LogP contribution in [0.15, 0.2) is 91.0 Å². The van der Waals surface area contributed by atoms with E-state index in [4.69, 9.17) is 56.1 Å². The maximum atomic E-state index is 14.9. The third-order valence-corrected chi connectivity index (χ3v) is 28.3. The van der Waals surface area contributed by atoms with Crippen LogP contribution in [-0.4, -0.2) is 294 Å². The summed E-state index contributed by atoms with van der Waals surface area (Å²) < 4.78 is 43.9. The molecule has 3 aromatic carbocycles. The van der Waals surface area contributed by atoms with E-state index in [2.05, 4.69) is 47.9 Å². The smallest absolute Gasteiger partial charge is 0.326 e. The lowest BCUT2D eigenvalue weighted by Crippen LogP contribution is -2.61. The fourth-order valence-electron chi connectivity index (χ4n) is 19.1. The number of amides is 9. The van der Waals surface area contributed by atoms with Crippen LogP contribution in [0.1, 0.15) is 250 Å². The molecule has 0 bridgehead atoms. The number of benzene rings is 3. The number of rotatable bonds is 53. The number of aliphatic hydroxyl groups excluding tert-OH is 3. The van der Waals surface area contributed by atoms with E-state index in [9.17, 15) is 83.1 Å². The van der Waals surface area contributed by atoms with Crippen molar-refractivity contribution in [3.8, 4) is 0 Å². The second-order valence-corrected chi connectivity index (χ2v) is 42.2. The van der Waals surface area contributed by atoms with Crippen LogP contribution in [0, 0.1) is 47.3 Å². The number of aliphatic carboxylic acids is 1. The Morgan fingerprint density at radius 2 is 0.848 bits per heavy atom. The number of ketones is 1. The first-order chi connectivity index (χ1) is 68.3. The summed E-state index contributed by atoms with van der Waals surface area (Å²) in [6.07, 6.45) is -4.67. The zero-order chi connectivity index (χ0) is 109. The number of esters is 1. The van der Waals surface area contributed by atoms with Gasteiger partial charge in [-0.25, -0.2) is 4.79 Å². The molecule has 3 saturated heterocycles. The SMILES string of the molecule is CC[C@H](C)[C@H](N)C(=O)N[C@@H](CCCCN)C(=O)N[C@@H](Cc1ccccc1)C(=O)N[C@@H](CC(C)C)C(=O)N[C@@H](CCCCN)C(=O)N[C@@H](Cc1ccccc1)C(=O)N[C@@H](CC(C)C)C(=O)N[C@@H](CCCCN)C(=O)N[C@@H](Cc1ccccc1)C(=O)N[C@@H](CC(C)C)C(=O)O.CC[C@H]1OC(=O)[C@H](C)[C@@H](O[C@H]2C[C@@](C)(OC)[C@@H](O)[C@H](C)O2)[C@H](C)[C@@H](O[C@@H]2O[C@H](C)C[C@H](N(C)C)[C@H]2O)[C@](C)(OC)C[C@@H](C)C(=O)[C@H](C)[C@@H](O)[C@]1(C)O. The lowest BCUT2D eigenvalue weighted by atomic mass is 9.74. The van der Waals surface area contributed by atoms with Crippen molar-refractivity contribution in [1.29, 1.82) is 0 Å². The van der Waals surface area contributed by atoms with Crippen molar-refractivity contribution in [2.24, 2.45) is 70.3 Å². The number of Topliss-reactive ketones (excluding diaryl/α,β-unsaturated/α-hetero) is 1. The van der Waals surface area contributed by atoms with Crippen LogP contribution < -0.4 is 70.8 Å². The lowest BCUT2D eigenvalue weighted by molar-refractivity contribution is -0.319. The van der Waals surface area contributed by atoms with E-state index in [0.29, 0.717) is 74.6 Å². The minimum atomic E-state index is -1.96. The number of hydrogen-bond donors (Lipinski definition) is 18. The van der Waals surface area contributed by atoms with Gasteiger partial charge in [0, 0.05) is 63.7 Å². The van der Waals surface area contributed by atoms with Gasteiger partial charge in [-0.15, -0.1) is 0 Å². The van der Waals surface area contributed by atoms with Crippen molar-refractivity contribution in [3.05, 3.63) is 108 Å². The molecule has 0 unspecified atom stereocenters. The van der Waals surface area contributed by atoms with Crippen molar-refractivity contribution in [3.63, 3.8) is 0 Å². The number of hydrogen-bond acceptors (Lipinski definition) is 28. The number of ether oxygens (including phenoxy) is 7. The monoisotopic (exact) mass is 2040 g/mol. The number of aliphatic hydroxyl groups is 4. The topological polar surface area (TPSA) is 586 Å². The van der Waals surface area contributed by atoms with Gasteiger partial charge in [0.15, 0.2) is 12.6 Å². The Morgan fingerprint density at radius 1 is 0.483 bits per heavy atom. The summed E-state index contributed by atoms with van der Waals surface area (Å²) in [5, 5.41) is 80.8. The summed E-state index contributed by atoms with van der Waals surface area (Å²) in [7, 11) is 6.77. The Hall–Kier alpha value is -9.10. The van der Waals surface area contributed by atoms with Crippen LogP contribution in [0.5, 0.6) is 0 Å². The molecule has 9 amide bonds. The molecule has 3 aliphatic rings. The number of unbranched alkanes of at least 4 members (excludes halogenated alkanes) is 3. The molecular weight excluding hydrogens is 1870 g/mol. The highest BCUT2D eigenvalue weighted by atomic mass is 16.7. The second-order valence-electron chi connectivity index (χ2n) is 42.2. The molecule has 38 nitrogen and oxygen atoms in total. The first-order valence-corrected chi connectivity index (χ1v) is 52.1. The van der Waals surface area contributed by atoms with E-state index in [0.717, 1.165) is 0 Å². The molecule has 0 radical (unpaired) electrons. The van der Waals surface area contributed by atoms with E-state index in [1.807, 2.05) is 94.3 Å². The van der Waals surface area contributed by atoms with Crippen LogP contribution in [0.4, 0.5) is 0 Å². The molecule has 22 N–H and O–H groups in total. The number of nitrogens with zero attached hydrogens (tertiary/aromatic N) is 1. The predicted molar refractivity (Wildman–Crippen MR) is 551 cm³/mol. The van der Waals surface area contributed by atoms with Crippen molar-refractivity contribution >= 4 is 70.9 Å². The van der Waals surface area contributed by atoms with Crippen molar-refractivity contribution < 1.29 is 116 Å². The van der Waals surface area contributed by atoms with Crippen LogP contribution in [0.25, 0.3) is 0 Å². The molecule has 0 aromatic heterocycles. The number of cyclic esters (lactones) is 1. The number of nitrogens with one attached hydrogen (secondary N) is 9. The number of carbonyl (C=O) groups is 12. The van der Waals surface area contributed by atoms with E-state index >= 15 is 0 Å². The van der Waals surface area contributed by atoms with Crippen molar-refractivity contribution in [2.45, 2.75) is 398 Å². The number of carbonyl (C=O) groups excluding carboxylic acids is 11. The molecule has 145 heavy (non-hydrogen) atoms. The molecule has 0 aliphatic carbocycles. The Morgan fingerprint density at radius 3 is 1.21 bits per heavy atom. The van der Waals surface area contributed by atoms with Gasteiger partial charge < -0.3 is 134 Å². The average molecular weight is 2040 g/mol. The Labute approximate surface area is 859 Å². The normalized spacial score (nSPS) is 27.1. The summed E-state index contributed by atoms with van der Waals surface area (Å²) in [5.74, 6) is -12.6. The van der Waals surface area contributed by atoms with Gasteiger partial charge >= 0.3 is 11.9 Å². The first-order valence-electron chi connectivity index (χ1n) is 52.1. The highest BCUT2D eigenvalue weighted by Gasteiger charge is 2.55. The van der Waals surface area contributed by atoms with Gasteiger partial charge in [0.05, 0.1) is 53.7 Å².